The van der Waals surface area contributed by atoms with Gasteiger partial charge in [0.05, 0.1) is 0 Å². The Hall–Kier alpha value is -0.790. The average Bonchev–Trinajstić information content (AvgIpc) is 1.98. The molecule has 0 unspecified atom stereocenters. The molecule has 0 heterocycles. The van der Waals surface area contributed by atoms with Crippen LogP contribution in [0.2, 0.25) is 0 Å². The lowest BCUT2D eigenvalue weighted by atomic mass is 10.1. The van der Waals surface area contributed by atoms with Crippen molar-refractivity contribution in [3.05, 3.63) is 11.3 Å². The van der Waals surface area contributed by atoms with Crippen LogP contribution in [0, 0.1) is 5.41 Å². The topological polar surface area (TPSA) is 35.9 Å². The van der Waals surface area contributed by atoms with Crippen LogP contribution in [0.4, 0.5) is 0 Å². The third-order valence-electron chi connectivity index (χ3n) is 1.77. The van der Waals surface area contributed by atoms with Gasteiger partial charge < -0.3 is 10.7 Å². The number of hydrogen-bond donors (Lipinski definition) is 2. The maximum atomic E-state index is 7.37. The summed E-state index contributed by atoms with van der Waals surface area (Å²) in [5, 5.41) is 10.6. The molecule has 0 spiro atoms. The Morgan fingerprint density at radius 3 is 2.18 bits per heavy atom. The second kappa shape index (κ2) is 4.94. The van der Waals surface area contributed by atoms with E-state index in [1.807, 2.05) is 20.8 Å². The molecular weight excluding hydrogens is 136 g/mol. The highest BCUT2D eigenvalue weighted by Gasteiger charge is 1.96. The van der Waals surface area contributed by atoms with E-state index in [0.717, 1.165) is 24.2 Å². The van der Waals surface area contributed by atoms with Crippen molar-refractivity contribution < 1.29 is 0 Å². The van der Waals surface area contributed by atoms with E-state index in [9.17, 15) is 0 Å². The summed E-state index contributed by atoms with van der Waals surface area (Å²) in [4.78, 5) is 0. The zero-order chi connectivity index (χ0) is 8.85. The maximum absolute atomic E-state index is 7.37. The molecule has 0 aliphatic rings. The van der Waals surface area contributed by atoms with E-state index in [-0.39, 0.29) is 0 Å². The molecule has 0 fully saturated rings. The zero-order valence-corrected chi connectivity index (χ0v) is 7.91. The Kier molecular flexibility index (Phi) is 4.59. The first-order valence-electron chi connectivity index (χ1n) is 4.06. The van der Waals surface area contributed by atoms with Crippen LogP contribution in [-0.2, 0) is 0 Å². The van der Waals surface area contributed by atoms with Crippen molar-refractivity contribution in [2.45, 2.75) is 34.1 Å². The lowest BCUT2D eigenvalue weighted by Crippen LogP contribution is -2.15. The molecule has 0 amide bonds. The van der Waals surface area contributed by atoms with Gasteiger partial charge in [0.15, 0.2) is 0 Å². The Morgan fingerprint density at radius 1 is 1.27 bits per heavy atom. The second-order valence-corrected chi connectivity index (χ2v) is 2.80. The van der Waals surface area contributed by atoms with E-state index in [1.165, 1.54) is 0 Å². The van der Waals surface area contributed by atoms with E-state index in [0.29, 0.717) is 5.71 Å². The highest BCUT2D eigenvalue weighted by atomic mass is 14.9. The van der Waals surface area contributed by atoms with Gasteiger partial charge >= 0.3 is 0 Å². The third kappa shape index (κ3) is 3.81. The van der Waals surface area contributed by atoms with Gasteiger partial charge in [-0.05, 0) is 32.8 Å². The molecule has 0 saturated heterocycles. The number of nitrogens with one attached hydrogen (secondary N) is 2. The minimum Gasteiger partial charge on any atom is -0.388 e. The Morgan fingerprint density at radius 2 is 1.82 bits per heavy atom. The van der Waals surface area contributed by atoms with Crippen molar-refractivity contribution in [2.24, 2.45) is 0 Å². The Balaban J connectivity index is 4.05. The molecule has 11 heavy (non-hydrogen) atoms. The van der Waals surface area contributed by atoms with Crippen molar-refractivity contribution in [2.75, 3.05) is 6.54 Å². The van der Waals surface area contributed by atoms with Crippen LogP contribution >= 0.6 is 0 Å². The predicted molar refractivity (Wildman–Crippen MR) is 50.1 cm³/mol. The van der Waals surface area contributed by atoms with Gasteiger partial charge in [-0.1, -0.05) is 6.92 Å². The largest absolute Gasteiger partial charge is 0.388 e. The van der Waals surface area contributed by atoms with Crippen LogP contribution < -0.4 is 5.32 Å². The third-order valence-corrected chi connectivity index (χ3v) is 1.77. The molecule has 64 valence electrons. The molecule has 0 aromatic heterocycles. The van der Waals surface area contributed by atoms with Crippen LogP contribution in [0.25, 0.3) is 0 Å². The molecule has 0 aliphatic carbocycles. The van der Waals surface area contributed by atoms with Crippen molar-refractivity contribution in [1.29, 1.82) is 5.41 Å². The van der Waals surface area contributed by atoms with Gasteiger partial charge in [-0.3, -0.25) is 0 Å². The van der Waals surface area contributed by atoms with Gasteiger partial charge in [0.1, 0.15) is 0 Å². The molecule has 0 bridgehead atoms. The summed E-state index contributed by atoms with van der Waals surface area (Å²) in [5.74, 6) is 0. The summed E-state index contributed by atoms with van der Waals surface area (Å²) >= 11 is 0. The van der Waals surface area contributed by atoms with Gasteiger partial charge in [0.25, 0.3) is 0 Å². The van der Waals surface area contributed by atoms with Crippen LogP contribution in [0.3, 0.4) is 0 Å². The molecule has 0 aliphatic heterocycles. The van der Waals surface area contributed by atoms with Crippen molar-refractivity contribution in [3.63, 3.8) is 0 Å². The van der Waals surface area contributed by atoms with Crippen LogP contribution in [0.1, 0.15) is 34.1 Å². The summed E-state index contributed by atoms with van der Waals surface area (Å²) in [6.45, 7) is 8.93. The molecule has 2 nitrogen and oxygen atoms in total. The average molecular weight is 154 g/mol. The summed E-state index contributed by atoms with van der Waals surface area (Å²) < 4.78 is 0. The zero-order valence-electron chi connectivity index (χ0n) is 7.91. The fourth-order valence-corrected chi connectivity index (χ4v) is 0.726. The molecule has 0 radical (unpaired) electrons. The lowest BCUT2D eigenvalue weighted by Gasteiger charge is -2.08. The first-order valence-corrected chi connectivity index (χ1v) is 4.06. The second-order valence-electron chi connectivity index (χ2n) is 2.80. The van der Waals surface area contributed by atoms with E-state index < -0.39 is 0 Å². The van der Waals surface area contributed by atoms with Crippen molar-refractivity contribution in [3.8, 4) is 0 Å². The maximum Gasteiger partial charge on any atom is 0.0329 e. The standard InChI is InChI=1S/C9H18N2/c1-5-6-11-9(4)7(2)8(3)10/h10-11H,5-6H2,1-4H3/b9-7-,10-8?. The first-order chi connectivity index (χ1) is 5.09. The van der Waals surface area contributed by atoms with Crippen LogP contribution in [0.15, 0.2) is 11.3 Å². The van der Waals surface area contributed by atoms with E-state index in [2.05, 4.69) is 12.2 Å². The summed E-state index contributed by atoms with van der Waals surface area (Å²) in [6.07, 6.45) is 1.13. The molecule has 0 aromatic carbocycles. The Labute approximate surface area is 69.2 Å². The highest BCUT2D eigenvalue weighted by Crippen LogP contribution is 2.00. The quantitative estimate of drug-likeness (QED) is 0.599. The van der Waals surface area contributed by atoms with Gasteiger partial charge in [0, 0.05) is 18.0 Å². The number of hydrogen-bond acceptors (Lipinski definition) is 2. The SMILES string of the molecule is CCCN/C(C)=C(/C)C(C)=N. The molecule has 2 heteroatoms. The van der Waals surface area contributed by atoms with Gasteiger partial charge in [-0.25, -0.2) is 0 Å². The summed E-state index contributed by atoms with van der Waals surface area (Å²) in [6, 6.07) is 0. The summed E-state index contributed by atoms with van der Waals surface area (Å²) in [5.41, 5.74) is 2.82. The highest BCUT2D eigenvalue weighted by molar-refractivity contribution is 5.95. The van der Waals surface area contributed by atoms with E-state index in [4.69, 9.17) is 5.41 Å². The fraction of sp³-hybridized carbons (Fsp3) is 0.667. The van der Waals surface area contributed by atoms with Crippen molar-refractivity contribution >= 4 is 5.71 Å². The van der Waals surface area contributed by atoms with Crippen LogP contribution in [0.5, 0.6) is 0 Å². The minimum atomic E-state index is 0.645. The predicted octanol–water partition coefficient (Wildman–Crippen LogP) is 2.32. The number of allylic oxidation sites excluding steroid dienone is 2. The van der Waals surface area contributed by atoms with E-state index >= 15 is 0 Å². The van der Waals surface area contributed by atoms with Crippen molar-refractivity contribution in [1.82, 2.24) is 5.32 Å². The molecule has 0 aromatic rings. The smallest absolute Gasteiger partial charge is 0.0329 e. The van der Waals surface area contributed by atoms with Crippen LogP contribution in [-0.4, -0.2) is 12.3 Å². The van der Waals surface area contributed by atoms with Gasteiger partial charge in [-0.15, -0.1) is 0 Å². The normalized spacial score (nSPS) is 12.4. The molecule has 0 saturated carbocycles. The van der Waals surface area contributed by atoms with E-state index in [1.54, 1.807) is 0 Å². The number of rotatable bonds is 4. The lowest BCUT2D eigenvalue weighted by molar-refractivity contribution is 0.765. The Bertz CT molecular complexity index is 168. The first kappa shape index (κ1) is 10.2. The minimum absolute atomic E-state index is 0.645. The summed E-state index contributed by atoms with van der Waals surface area (Å²) in [7, 11) is 0. The molecule has 2 N–H and O–H groups in total. The van der Waals surface area contributed by atoms with Gasteiger partial charge in [0.2, 0.25) is 0 Å². The monoisotopic (exact) mass is 154 g/mol. The fourth-order valence-electron chi connectivity index (χ4n) is 0.726. The molecule has 0 atom stereocenters. The molecule has 0 rings (SSSR count). The van der Waals surface area contributed by atoms with Gasteiger partial charge in [-0.2, -0.15) is 0 Å². The molecular formula is C9H18N2.